The van der Waals surface area contributed by atoms with Crippen LogP contribution in [0.25, 0.3) is 0 Å². The number of nitriles is 1. The predicted molar refractivity (Wildman–Crippen MR) is 84.3 cm³/mol. The number of pyridine rings is 1. The minimum absolute atomic E-state index is 0.0640. The maximum absolute atomic E-state index is 11.8. The molecule has 1 amide bonds. The summed E-state index contributed by atoms with van der Waals surface area (Å²) in [6.45, 7) is -0.515. The first kappa shape index (κ1) is 16.7. The number of carbonyl (C=O) groups excluding carboxylic acids is 2. The van der Waals surface area contributed by atoms with Crippen molar-refractivity contribution in [1.29, 1.82) is 5.26 Å². The van der Waals surface area contributed by atoms with Crippen LogP contribution >= 0.6 is 23.2 Å². The Morgan fingerprint density at radius 1 is 1.30 bits per heavy atom. The van der Waals surface area contributed by atoms with Crippen molar-refractivity contribution in [3.63, 3.8) is 0 Å². The fourth-order valence-corrected chi connectivity index (χ4v) is 1.89. The number of carbonyl (C=O) groups is 2. The molecule has 0 atom stereocenters. The van der Waals surface area contributed by atoms with Crippen molar-refractivity contribution >= 4 is 40.8 Å². The van der Waals surface area contributed by atoms with Crippen LogP contribution in [0.2, 0.25) is 10.2 Å². The fraction of sp³-hybridized carbons (Fsp3) is 0.0667. The molecule has 0 spiro atoms. The molecule has 8 heteroatoms. The van der Waals surface area contributed by atoms with Crippen LogP contribution in [0.4, 0.5) is 5.69 Å². The lowest BCUT2D eigenvalue weighted by Crippen LogP contribution is -2.21. The fourth-order valence-electron chi connectivity index (χ4n) is 1.62. The molecule has 23 heavy (non-hydrogen) atoms. The van der Waals surface area contributed by atoms with Crippen LogP contribution in [0.15, 0.2) is 36.5 Å². The molecule has 1 N–H and O–H groups in total. The van der Waals surface area contributed by atoms with Crippen molar-refractivity contribution in [1.82, 2.24) is 4.98 Å². The number of amides is 1. The molecular weight excluding hydrogens is 341 g/mol. The Hall–Kier alpha value is -2.62. The Morgan fingerprint density at radius 3 is 2.74 bits per heavy atom. The quantitative estimate of drug-likeness (QED) is 0.676. The van der Waals surface area contributed by atoms with Gasteiger partial charge in [-0.3, -0.25) is 4.79 Å². The molecule has 2 aromatic rings. The van der Waals surface area contributed by atoms with E-state index in [4.69, 9.17) is 33.2 Å². The van der Waals surface area contributed by atoms with Crippen molar-refractivity contribution in [3.05, 3.63) is 57.8 Å². The minimum Gasteiger partial charge on any atom is -0.452 e. The van der Waals surface area contributed by atoms with Crippen LogP contribution in [0.5, 0.6) is 0 Å². The molecular formula is C15H9Cl2N3O3. The monoisotopic (exact) mass is 349 g/mol. The summed E-state index contributed by atoms with van der Waals surface area (Å²) in [6.07, 6.45) is 1.19. The highest BCUT2D eigenvalue weighted by Crippen LogP contribution is 2.20. The van der Waals surface area contributed by atoms with Gasteiger partial charge in [-0.2, -0.15) is 5.26 Å². The van der Waals surface area contributed by atoms with Crippen LogP contribution in [-0.4, -0.2) is 23.5 Å². The Morgan fingerprint density at radius 2 is 2.04 bits per heavy atom. The average Bonchev–Trinajstić information content (AvgIpc) is 2.55. The van der Waals surface area contributed by atoms with Crippen molar-refractivity contribution in [2.45, 2.75) is 0 Å². The van der Waals surface area contributed by atoms with Crippen LogP contribution in [-0.2, 0) is 9.53 Å². The van der Waals surface area contributed by atoms with Crippen LogP contribution < -0.4 is 5.32 Å². The Labute approximate surface area is 141 Å². The SMILES string of the molecule is N#Cc1ccccc1NC(=O)COC(=O)c1cnc(Cl)c(Cl)c1. The van der Waals surface area contributed by atoms with E-state index in [-0.39, 0.29) is 15.7 Å². The van der Waals surface area contributed by atoms with E-state index in [1.165, 1.54) is 12.3 Å². The number of rotatable bonds is 4. The zero-order valence-corrected chi connectivity index (χ0v) is 13.1. The molecule has 2 rings (SSSR count). The van der Waals surface area contributed by atoms with Crippen LogP contribution in [0.3, 0.4) is 0 Å². The average molecular weight is 350 g/mol. The Balaban J connectivity index is 1.95. The second kappa shape index (κ2) is 7.58. The third kappa shape index (κ3) is 4.42. The lowest BCUT2D eigenvalue weighted by molar-refractivity contribution is -0.119. The molecule has 0 fully saturated rings. The summed E-state index contributed by atoms with van der Waals surface area (Å²) in [4.78, 5) is 27.3. The van der Waals surface area contributed by atoms with Gasteiger partial charge in [0.25, 0.3) is 5.91 Å². The van der Waals surface area contributed by atoms with Gasteiger partial charge in [-0.1, -0.05) is 35.3 Å². The molecule has 1 aromatic carbocycles. The number of hydrogen-bond acceptors (Lipinski definition) is 5. The first-order chi connectivity index (χ1) is 11.0. The second-order valence-electron chi connectivity index (χ2n) is 4.28. The summed E-state index contributed by atoms with van der Waals surface area (Å²) in [5.74, 6) is -1.34. The van der Waals surface area contributed by atoms with E-state index in [0.717, 1.165) is 0 Å². The van der Waals surface area contributed by atoms with Gasteiger partial charge in [0, 0.05) is 6.20 Å². The molecule has 0 aliphatic carbocycles. The zero-order valence-electron chi connectivity index (χ0n) is 11.5. The molecule has 0 radical (unpaired) electrons. The Bertz CT molecular complexity index is 803. The Kier molecular flexibility index (Phi) is 5.52. The number of para-hydroxylation sites is 1. The van der Waals surface area contributed by atoms with Gasteiger partial charge >= 0.3 is 5.97 Å². The second-order valence-corrected chi connectivity index (χ2v) is 5.04. The normalized spacial score (nSPS) is 9.78. The third-order valence-corrected chi connectivity index (χ3v) is 3.37. The van der Waals surface area contributed by atoms with Gasteiger partial charge in [0.15, 0.2) is 6.61 Å². The molecule has 0 aliphatic heterocycles. The number of benzene rings is 1. The van der Waals surface area contributed by atoms with Crippen molar-refractivity contribution < 1.29 is 14.3 Å². The van der Waals surface area contributed by atoms with Gasteiger partial charge in [0.2, 0.25) is 0 Å². The van der Waals surface area contributed by atoms with E-state index in [9.17, 15) is 9.59 Å². The van der Waals surface area contributed by atoms with Crippen molar-refractivity contribution in [2.75, 3.05) is 11.9 Å². The first-order valence-electron chi connectivity index (χ1n) is 6.28. The van der Waals surface area contributed by atoms with Gasteiger partial charge in [0.05, 0.1) is 21.8 Å². The molecule has 116 valence electrons. The van der Waals surface area contributed by atoms with E-state index in [0.29, 0.717) is 11.3 Å². The minimum atomic E-state index is -0.764. The first-order valence-corrected chi connectivity index (χ1v) is 7.04. The molecule has 0 saturated carbocycles. The lowest BCUT2D eigenvalue weighted by atomic mass is 10.2. The van der Waals surface area contributed by atoms with Gasteiger partial charge in [-0.15, -0.1) is 0 Å². The molecule has 1 heterocycles. The smallest absolute Gasteiger partial charge is 0.340 e. The summed E-state index contributed by atoms with van der Waals surface area (Å²) >= 11 is 11.4. The van der Waals surface area contributed by atoms with E-state index in [1.807, 2.05) is 6.07 Å². The number of halogens is 2. The standard InChI is InChI=1S/C15H9Cl2N3O3/c16-11-5-10(7-19-14(11)17)15(22)23-8-13(21)20-12-4-2-1-3-9(12)6-18/h1-5,7H,8H2,(H,20,21). The highest BCUT2D eigenvalue weighted by Gasteiger charge is 2.13. The number of nitrogens with one attached hydrogen (secondary N) is 1. The summed E-state index contributed by atoms with van der Waals surface area (Å²) < 4.78 is 4.85. The molecule has 0 saturated heterocycles. The summed E-state index contributed by atoms with van der Waals surface area (Å²) in [6, 6.07) is 9.71. The van der Waals surface area contributed by atoms with Crippen LogP contribution in [0, 0.1) is 11.3 Å². The maximum atomic E-state index is 11.8. The van der Waals surface area contributed by atoms with Gasteiger partial charge in [0.1, 0.15) is 11.2 Å². The van der Waals surface area contributed by atoms with E-state index in [1.54, 1.807) is 24.3 Å². The van der Waals surface area contributed by atoms with Crippen molar-refractivity contribution in [3.8, 4) is 6.07 Å². The molecule has 0 unspecified atom stereocenters. The predicted octanol–water partition coefficient (Wildman–Crippen LogP) is 3.06. The number of esters is 1. The number of aromatic nitrogens is 1. The molecule has 1 aromatic heterocycles. The number of hydrogen-bond donors (Lipinski definition) is 1. The van der Waals surface area contributed by atoms with Gasteiger partial charge < -0.3 is 10.1 Å². The molecule has 6 nitrogen and oxygen atoms in total. The molecule has 0 aliphatic rings. The highest BCUT2D eigenvalue weighted by molar-refractivity contribution is 6.41. The number of ether oxygens (including phenoxy) is 1. The van der Waals surface area contributed by atoms with Crippen molar-refractivity contribution in [2.24, 2.45) is 0 Å². The van der Waals surface area contributed by atoms with Crippen LogP contribution in [0.1, 0.15) is 15.9 Å². The van der Waals surface area contributed by atoms with Gasteiger partial charge in [-0.25, -0.2) is 9.78 Å². The van der Waals surface area contributed by atoms with E-state index < -0.39 is 18.5 Å². The van der Waals surface area contributed by atoms with E-state index >= 15 is 0 Å². The number of nitrogens with zero attached hydrogens (tertiary/aromatic N) is 2. The zero-order chi connectivity index (χ0) is 16.8. The maximum Gasteiger partial charge on any atom is 0.340 e. The topological polar surface area (TPSA) is 92.1 Å². The van der Waals surface area contributed by atoms with Gasteiger partial charge in [-0.05, 0) is 18.2 Å². The largest absolute Gasteiger partial charge is 0.452 e. The lowest BCUT2D eigenvalue weighted by Gasteiger charge is -2.08. The summed E-state index contributed by atoms with van der Waals surface area (Å²) in [7, 11) is 0. The summed E-state index contributed by atoms with van der Waals surface area (Å²) in [5.41, 5.74) is 0.720. The molecule has 0 bridgehead atoms. The highest BCUT2D eigenvalue weighted by atomic mass is 35.5. The van der Waals surface area contributed by atoms with E-state index in [2.05, 4.69) is 10.3 Å². The summed E-state index contributed by atoms with van der Waals surface area (Å²) in [5, 5.41) is 11.6. The number of anilines is 1. The third-order valence-electron chi connectivity index (χ3n) is 2.69.